The summed E-state index contributed by atoms with van der Waals surface area (Å²) in [4.78, 5) is 7.74. The van der Waals surface area contributed by atoms with Gasteiger partial charge in [0, 0.05) is 5.02 Å². The quantitative estimate of drug-likeness (QED) is 0.727. The standard InChI is InChI=1S/C15H14ClN3O2/c1-20-12-5-3-4-9(14(12)21-2)15-18-11-7-8(16)6-10(17)13(11)19-15/h3-7H,17H2,1-2H3,(H,18,19). The Morgan fingerprint density at radius 1 is 1.19 bits per heavy atom. The van der Waals surface area contributed by atoms with E-state index in [9.17, 15) is 0 Å². The van der Waals surface area contributed by atoms with E-state index in [-0.39, 0.29) is 0 Å². The molecule has 0 saturated carbocycles. The Morgan fingerprint density at radius 2 is 2.00 bits per heavy atom. The third-order valence-corrected chi connectivity index (χ3v) is 3.46. The van der Waals surface area contributed by atoms with Crippen LogP contribution in [0.5, 0.6) is 11.5 Å². The Morgan fingerprint density at radius 3 is 2.71 bits per heavy atom. The topological polar surface area (TPSA) is 73.2 Å². The van der Waals surface area contributed by atoms with Gasteiger partial charge in [-0.3, -0.25) is 0 Å². The van der Waals surface area contributed by atoms with Crippen molar-refractivity contribution in [1.29, 1.82) is 0 Å². The van der Waals surface area contributed by atoms with Gasteiger partial charge >= 0.3 is 0 Å². The summed E-state index contributed by atoms with van der Waals surface area (Å²) in [5, 5.41) is 0.563. The van der Waals surface area contributed by atoms with E-state index in [4.69, 9.17) is 26.8 Å². The highest BCUT2D eigenvalue weighted by Crippen LogP contribution is 2.37. The van der Waals surface area contributed by atoms with E-state index < -0.39 is 0 Å². The summed E-state index contributed by atoms with van der Waals surface area (Å²) in [7, 11) is 3.19. The fourth-order valence-corrected chi connectivity index (χ4v) is 2.54. The highest BCUT2D eigenvalue weighted by molar-refractivity contribution is 6.31. The predicted molar refractivity (Wildman–Crippen MR) is 84.1 cm³/mol. The highest BCUT2D eigenvalue weighted by Gasteiger charge is 2.15. The highest BCUT2D eigenvalue weighted by atomic mass is 35.5. The first-order chi connectivity index (χ1) is 10.1. The number of ether oxygens (including phenoxy) is 2. The van der Waals surface area contributed by atoms with Crippen LogP contribution in [0.4, 0.5) is 5.69 Å². The fourth-order valence-electron chi connectivity index (χ4n) is 2.31. The van der Waals surface area contributed by atoms with E-state index in [1.807, 2.05) is 18.2 Å². The van der Waals surface area contributed by atoms with Gasteiger partial charge in [-0.15, -0.1) is 0 Å². The molecule has 3 rings (SSSR count). The molecule has 0 unspecified atom stereocenters. The van der Waals surface area contributed by atoms with E-state index in [0.29, 0.717) is 33.6 Å². The molecule has 0 amide bonds. The predicted octanol–water partition coefficient (Wildman–Crippen LogP) is 3.48. The summed E-state index contributed by atoms with van der Waals surface area (Å²) < 4.78 is 10.7. The summed E-state index contributed by atoms with van der Waals surface area (Å²) >= 11 is 6.01. The molecule has 1 heterocycles. The van der Waals surface area contributed by atoms with Gasteiger partial charge in [0.2, 0.25) is 0 Å². The van der Waals surface area contributed by atoms with Gasteiger partial charge < -0.3 is 20.2 Å². The number of H-pyrrole nitrogens is 1. The molecule has 3 N–H and O–H groups in total. The molecular formula is C15H14ClN3O2. The number of halogens is 1. The monoisotopic (exact) mass is 303 g/mol. The molecule has 0 atom stereocenters. The number of nitrogens with one attached hydrogen (secondary N) is 1. The number of fused-ring (bicyclic) bond motifs is 1. The van der Waals surface area contributed by atoms with Crippen LogP contribution in [-0.2, 0) is 0 Å². The Labute approximate surface area is 126 Å². The van der Waals surface area contributed by atoms with Crippen molar-refractivity contribution in [3.8, 4) is 22.9 Å². The molecule has 2 aromatic carbocycles. The summed E-state index contributed by atoms with van der Waals surface area (Å²) in [6.45, 7) is 0. The van der Waals surface area contributed by atoms with Crippen LogP contribution in [0.15, 0.2) is 30.3 Å². The number of rotatable bonds is 3. The van der Waals surface area contributed by atoms with Crippen molar-refractivity contribution in [2.45, 2.75) is 0 Å². The molecule has 1 aromatic heterocycles. The summed E-state index contributed by atoms with van der Waals surface area (Å²) in [6, 6.07) is 9.07. The van der Waals surface area contributed by atoms with E-state index in [1.54, 1.807) is 26.4 Å². The molecule has 0 aliphatic carbocycles. The van der Waals surface area contributed by atoms with Crippen molar-refractivity contribution >= 4 is 28.3 Å². The summed E-state index contributed by atoms with van der Waals surface area (Å²) in [5.74, 6) is 1.90. The number of nitrogens with two attached hydrogens (primary N) is 1. The largest absolute Gasteiger partial charge is 0.493 e. The van der Waals surface area contributed by atoms with Crippen LogP contribution in [-0.4, -0.2) is 24.2 Å². The first-order valence-electron chi connectivity index (χ1n) is 6.30. The smallest absolute Gasteiger partial charge is 0.171 e. The maximum absolute atomic E-state index is 6.01. The molecule has 0 bridgehead atoms. The van der Waals surface area contributed by atoms with E-state index >= 15 is 0 Å². The van der Waals surface area contributed by atoms with Crippen molar-refractivity contribution in [3.05, 3.63) is 35.4 Å². The normalized spacial score (nSPS) is 10.8. The minimum Gasteiger partial charge on any atom is -0.493 e. The van der Waals surface area contributed by atoms with E-state index in [2.05, 4.69) is 9.97 Å². The van der Waals surface area contributed by atoms with Gasteiger partial charge in [-0.1, -0.05) is 17.7 Å². The van der Waals surface area contributed by atoms with Gasteiger partial charge in [0.05, 0.1) is 31.0 Å². The molecule has 0 saturated heterocycles. The van der Waals surface area contributed by atoms with Crippen LogP contribution in [0.3, 0.4) is 0 Å². The van der Waals surface area contributed by atoms with Gasteiger partial charge in [-0.05, 0) is 24.3 Å². The average molecular weight is 304 g/mol. The summed E-state index contributed by atoms with van der Waals surface area (Å²) in [6.07, 6.45) is 0. The van der Waals surface area contributed by atoms with Gasteiger partial charge in [-0.25, -0.2) is 4.98 Å². The second-order valence-corrected chi connectivity index (χ2v) is 4.95. The van der Waals surface area contributed by atoms with Crippen LogP contribution in [0.1, 0.15) is 0 Å². The molecule has 0 aliphatic heterocycles. The SMILES string of the molecule is COc1cccc(-c2nc3c(N)cc(Cl)cc3[nH]2)c1OC. The molecule has 0 aliphatic rings. The van der Waals surface area contributed by atoms with Gasteiger partial charge in [-0.2, -0.15) is 0 Å². The minimum atomic E-state index is 0.530. The number of benzene rings is 2. The number of para-hydroxylation sites is 1. The number of aromatic nitrogens is 2. The maximum atomic E-state index is 6.01. The third kappa shape index (κ3) is 2.25. The minimum absolute atomic E-state index is 0.530. The molecule has 3 aromatic rings. The molecule has 0 fully saturated rings. The lowest BCUT2D eigenvalue weighted by Crippen LogP contribution is -1.93. The lowest BCUT2D eigenvalue weighted by molar-refractivity contribution is 0.356. The number of hydrogen-bond donors (Lipinski definition) is 2. The second-order valence-electron chi connectivity index (χ2n) is 4.52. The molecular weight excluding hydrogens is 290 g/mol. The number of hydrogen-bond acceptors (Lipinski definition) is 4. The zero-order valence-electron chi connectivity index (χ0n) is 11.6. The van der Waals surface area contributed by atoms with Crippen molar-refractivity contribution in [2.24, 2.45) is 0 Å². The number of methoxy groups -OCH3 is 2. The first-order valence-corrected chi connectivity index (χ1v) is 6.68. The zero-order chi connectivity index (χ0) is 15.0. The van der Waals surface area contributed by atoms with Crippen molar-refractivity contribution < 1.29 is 9.47 Å². The van der Waals surface area contributed by atoms with Crippen LogP contribution < -0.4 is 15.2 Å². The lowest BCUT2D eigenvalue weighted by atomic mass is 10.1. The first kappa shape index (κ1) is 13.6. The van der Waals surface area contributed by atoms with Crippen LogP contribution >= 0.6 is 11.6 Å². The Bertz CT molecular complexity index is 814. The van der Waals surface area contributed by atoms with Crippen LogP contribution in [0.2, 0.25) is 5.02 Å². The number of nitrogens with zero attached hydrogens (tertiary/aromatic N) is 1. The van der Waals surface area contributed by atoms with Crippen molar-refractivity contribution in [3.63, 3.8) is 0 Å². The van der Waals surface area contributed by atoms with E-state index in [1.165, 1.54) is 0 Å². The van der Waals surface area contributed by atoms with Gasteiger partial charge in [0.25, 0.3) is 0 Å². The molecule has 0 radical (unpaired) electrons. The fraction of sp³-hybridized carbons (Fsp3) is 0.133. The Hall–Kier alpha value is -2.40. The number of anilines is 1. The van der Waals surface area contributed by atoms with Crippen molar-refractivity contribution in [1.82, 2.24) is 9.97 Å². The Kier molecular flexibility index (Phi) is 3.35. The van der Waals surface area contributed by atoms with Crippen LogP contribution in [0, 0.1) is 0 Å². The maximum Gasteiger partial charge on any atom is 0.171 e. The number of imidazole rings is 1. The third-order valence-electron chi connectivity index (χ3n) is 3.24. The second kappa shape index (κ2) is 5.18. The van der Waals surface area contributed by atoms with Gasteiger partial charge in [0.15, 0.2) is 11.5 Å². The zero-order valence-corrected chi connectivity index (χ0v) is 12.4. The number of nitrogen functional groups attached to an aromatic ring is 1. The molecule has 0 spiro atoms. The van der Waals surface area contributed by atoms with Crippen molar-refractivity contribution in [2.75, 3.05) is 20.0 Å². The molecule has 21 heavy (non-hydrogen) atoms. The lowest BCUT2D eigenvalue weighted by Gasteiger charge is -2.10. The average Bonchev–Trinajstić information content (AvgIpc) is 2.90. The Balaban J connectivity index is 2.23. The molecule has 5 nitrogen and oxygen atoms in total. The molecule has 108 valence electrons. The summed E-state index contributed by atoms with van der Waals surface area (Å²) in [5.41, 5.74) is 8.73. The van der Waals surface area contributed by atoms with E-state index in [0.717, 1.165) is 11.1 Å². The number of aromatic amines is 1. The van der Waals surface area contributed by atoms with Gasteiger partial charge in [0.1, 0.15) is 11.3 Å². The molecule has 6 heteroatoms. The van der Waals surface area contributed by atoms with Crippen LogP contribution in [0.25, 0.3) is 22.4 Å².